The van der Waals surface area contributed by atoms with Crippen molar-refractivity contribution in [1.82, 2.24) is 14.9 Å². The molecule has 1 aliphatic rings. The average molecular weight is 380 g/mol. The van der Waals surface area contributed by atoms with Crippen LogP contribution in [0.5, 0.6) is 0 Å². The second-order valence-corrected chi connectivity index (χ2v) is 6.37. The molecule has 0 atom stereocenters. The Bertz CT molecular complexity index is 775. The van der Waals surface area contributed by atoms with Gasteiger partial charge in [0.15, 0.2) is 18.8 Å². The van der Waals surface area contributed by atoms with Gasteiger partial charge in [-0.25, -0.2) is 9.78 Å². The van der Waals surface area contributed by atoms with E-state index in [1.807, 2.05) is 42.5 Å². The van der Waals surface area contributed by atoms with Crippen molar-refractivity contribution < 1.29 is 13.9 Å². The highest BCUT2D eigenvalue weighted by Crippen LogP contribution is 2.15. The molecule has 0 bridgehead atoms. The predicted molar refractivity (Wildman–Crippen MR) is 106 cm³/mol. The van der Waals surface area contributed by atoms with E-state index in [2.05, 4.69) is 20.2 Å². The van der Waals surface area contributed by atoms with Crippen LogP contribution in [0.3, 0.4) is 0 Å². The molecule has 1 saturated heterocycles. The highest BCUT2D eigenvalue weighted by molar-refractivity contribution is 5.84. The van der Waals surface area contributed by atoms with Gasteiger partial charge in [0.25, 0.3) is 0 Å². The molecule has 2 aromatic heterocycles. The fourth-order valence-corrected chi connectivity index (χ4v) is 2.81. The van der Waals surface area contributed by atoms with E-state index >= 15 is 0 Å². The van der Waals surface area contributed by atoms with Crippen LogP contribution in [0.1, 0.15) is 24.2 Å². The molecule has 1 aliphatic heterocycles. The molecular formula is C21H24N4O3. The lowest BCUT2D eigenvalue weighted by Gasteiger charge is -2.14. The molecule has 0 spiro atoms. The third-order valence-electron chi connectivity index (χ3n) is 4.20. The van der Waals surface area contributed by atoms with Crippen LogP contribution in [0.15, 0.2) is 71.9 Å². The molecule has 1 amide bonds. The highest BCUT2D eigenvalue weighted by Gasteiger charge is 2.11. The van der Waals surface area contributed by atoms with E-state index in [9.17, 15) is 4.79 Å². The molecule has 1 fully saturated rings. The number of hydrogen-bond acceptors (Lipinski definition) is 6. The number of hydrogen-bond donors (Lipinski definition) is 1. The van der Waals surface area contributed by atoms with E-state index in [0.717, 1.165) is 6.54 Å². The first-order chi connectivity index (χ1) is 13.8. The Kier molecular flexibility index (Phi) is 7.57. The highest BCUT2D eigenvalue weighted by atomic mass is 16.6. The second-order valence-electron chi connectivity index (χ2n) is 6.37. The molecule has 1 aromatic carbocycles. The van der Waals surface area contributed by atoms with E-state index < -0.39 is 6.09 Å². The van der Waals surface area contributed by atoms with Crippen LogP contribution >= 0.6 is 0 Å². The lowest BCUT2D eigenvalue weighted by molar-refractivity contribution is 0.146. The van der Waals surface area contributed by atoms with Gasteiger partial charge >= 0.3 is 6.09 Å². The monoisotopic (exact) mass is 380 g/mol. The first kappa shape index (κ1) is 19.6. The van der Waals surface area contributed by atoms with Crippen LogP contribution in [-0.4, -0.2) is 34.1 Å². The maximum absolute atomic E-state index is 11.7. The summed E-state index contributed by atoms with van der Waals surface area (Å²) in [6.07, 6.45) is 8.38. The topological polar surface area (TPSA) is 80.5 Å². The summed E-state index contributed by atoms with van der Waals surface area (Å²) in [7, 11) is 0. The average Bonchev–Trinajstić information content (AvgIpc) is 3.44. The van der Waals surface area contributed by atoms with Crippen molar-refractivity contribution in [3.8, 4) is 0 Å². The number of ether oxygens (including phenoxy) is 1. The summed E-state index contributed by atoms with van der Waals surface area (Å²) in [4.78, 5) is 21.6. The molecule has 7 heteroatoms. The summed E-state index contributed by atoms with van der Waals surface area (Å²) < 4.78 is 10.0. The van der Waals surface area contributed by atoms with Gasteiger partial charge in [-0.2, -0.15) is 0 Å². The molecule has 0 unspecified atom stereocenters. The zero-order chi connectivity index (χ0) is 19.4. The molecule has 3 aromatic rings. The minimum Gasteiger partial charge on any atom is -0.445 e. The third-order valence-corrected chi connectivity index (χ3v) is 4.20. The van der Waals surface area contributed by atoms with Crippen LogP contribution in [0.2, 0.25) is 0 Å². The molecule has 28 heavy (non-hydrogen) atoms. The van der Waals surface area contributed by atoms with Crippen molar-refractivity contribution in [3.05, 3.63) is 78.8 Å². The predicted octanol–water partition coefficient (Wildman–Crippen LogP) is 4.10. The van der Waals surface area contributed by atoms with Crippen LogP contribution in [0, 0.1) is 0 Å². The Morgan fingerprint density at radius 2 is 1.82 bits per heavy atom. The summed E-state index contributed by atoms with van der Waals surface area (Å²) in [6.45, 7) is 3.39. The van der Waals surface area contributed by atoms with Gasteiger partial charge in [-0.3, -0.25) is 15.2 Å². The van der Waals surface area contributed by atoms with Crippen molar-refractivity contribution in [2.45, 2.75) is 26.0 Å². The fraction of sp³-hybridized carbons (Fsp3) is 0.286. The number of benzene rings is 1. The maximum Gasteiger partial charge on any atom is 0.412 e. The summed E-state index contributed by atoms with van der Waals surface area (Å²) in [5.74, 6) is 0.510. The summed E-state index contributed by atoms with van der Waals surface area (Å²) in [5.41, 5.74) is 1.97. The number of pyridine rings is 1. The SMILES string of the molecule is O=C(Nc1ccc(CN2CCCC2)cc1)OCc1cnco1.c1ccncc1. The summed E-state index contributed by atoms with van der Waals surface area (Å²) in [5, 5.41) is 2.69. The number of carbonyl (C=O) groups excluding carboxylic acids is 1. The van der Waals surface area contributed by atoms with Crippen molar-refractivity contribution in [1.29, 1.82) is 0 Å². The number of anilines is 1. The number of aromatic nitrogens is 2. The minimum atomic E-state index is -0.510. The Morgan fingerprint density at radius 3 is 2.39 bits per heavy atom. The molecule has 0 saturated carbocycles. The lowest BCUT2D eigenvalue weighted by Crippen LogP contribution is -2.18. The molecule has 0 aliphatic carbocycles. The maximum atomic E-state index is 11.7. The van der Waals surface area contributed by atoms with Crippen molar-refractivity contribution in [3.63, 3.8) is 0 Å². The van der Waals surface area contributed by atoms with Gasteiger partial charge < -0.3 is 9.15 Å². The van der Waals surface area contributed by atoms with Crippen molar-refractivity contribution >= 4 is 11.8 Å². The van der Waals surface area contributed by atoms with E-state index in [1.54, 1.807) is 12.4 Å². The van der Waals surface area contributed by atoms with Crippen LogP contribution in [-0.2, 0) is 17.9 Å². The van der Waals surface area contributed by atoms with Gasteiger partial charge in [0.2, 0.25) is 0 Å². The molecule has 1 N–H and O–H groups in total. The van der Waals surface area contributed by atoms with Gasteiger partial charge in [0.1, 0.15) is 0 Å². The normalized spacial score (nSPS) is 13.4. The van der Waals surface area contributed by atoms with Gasteiger partial charge in [-0.1, -0.05) is 18.2 Å². The Balaban J connectivity index is 0.000000320. The molecular weight excluding hydrogens is 356 g/mol. The molecule has 146 valence electrons. The van der Waals surface area contributed by atoms with E-state index in [0.29, 0.717) is 11.4 Å². The number of nitrogens with one attached hydrogen (secondary N) is 1. The fourth-order valence-electron chi connectivity index (χ4n) is 2.81. The Labute approximate surface area is 164 Å². The van der Waals surface area contributed by atoms with E-state index in [-0.39, 0.29) is 6.61 Å². The summed E-state index contributed by atoms with van der Waals surface area (Å²) >= 11 is 0. The second kappa shape index (κ2) is 10.8. The first-order valence-corrected chi connectivity index (χ1v) is 9.27. The molecule has 0 radical (unpaired) electrons. The van der Waals surface area contributed by atoms with E-state index in [1.165, 1.54) is 44.1 Å². The quantitative estimate of drug-likeness (QED) is 0.718. The van der Waals surface area contributed by atoms with Gasteiger partial charge in [0, 0.05) is 24.6 Å². The van der Waals surface area contributed by atoms with Gasteiger partial charge in [-0.15, -0.1) is 0 Å². The molecule has 3 heterocycles. The van der Waals surface area contributed by atoms with E-state index in [4.69, 9.17) is 9.15 Å². The van der Waals surface area contributed by atoms with Crippen LogP contribution in [0.4, 0.5) is 10.5 Å². The zero-order valence-electron chi connectivity index (χ0n) is 15.7. The molecule has 7 nitrogen and oxygen atoms in total. The number of carbonyl (C=O) groups is 1. The Morgan fingerprint density at radius 1 is 1.07 bits per heavy atom. The lowest BCUT2D eigenvalue weighted by atomic mass is 10.2. The number of oxazole rings is 1. The summed E-state index contributed by atoms with van der Waals surface area (Å²) in [6, 6.07) is 13.6. The van der Waals surface area contributed by atoms with Crippen LogP contribution in [0.25, 0.3) is 0 Å². The number of amides is 1. The number of likely N-dealkylation sites (tertiary alicyclic amines) is 1. The first-order valence-electron chi connectivity index (χ1n) is 9.27. The molecule has 4 rings (SSSR count). The standard InChI is InChI=1S/C16H19N3O3.C5H5N/c20-16(21-11-15-9-17-12-22-15)18-14-5-3-13(4-6-14)10-19-7-1-2-8-19;1-2-4-6-5-3-1/h3-6,9,12H,1-2,7-8,10-11H2,(H,18,20);1-5H. The third kappa shape index (κ3) is 6.85. The number of rotatable bonds is 5. The zero-order valence-corrected chi connectivity index (χ0v) is 15.7. The van der Waals surface area contributed by atoms with Gasteiger partial charge in [-0.05, 0) is 55.8 Å². The van der Waals surface area contributed by atoms with Crippen molar-refractivity contribution in [2.75, 3.05) is 18.4 Å². The van der Waals surface area contributed by atoms with Gasteiger partial charge in [0.05, 0.1) is 6.20 Å². The van der Waals surface area contributed by atoms with Crippen LogP contribution < -0.4 is 5.32 Å². The smallest absolute Gasteiger partial charge is 0.412 e. The van der Waals surface area contributed by atoms with Crippen molar-refractivity contribution in [2.24, 2.45) is 0 Å². The minimum absolute atomic E-state index is 0.0683. The Hall–Kier alpha value is -3.19. The number of nitrogens with zero attached hydrogens (tertiary/aromatic N) is 3. The largest absolute Gasteiger partial charge is 0.445 e.